The van der Waals surface area contributed by atoms with Gasteiger partial charge >= 0.3 is 0 Å². The van der Waals surface area contributed by atoms with E-state index < -0.39 is 0 Å². The molecule has 0 aliphatic heterocycles. The van der Waals surface area contributed by atoms with Crippen LogP contribution in [0.2, 0.25) is 0 Å². The molecule has 1 aromatic rings. The highest BCUT2D eigenvalue weighted by molar-refractivity contribution is 9.11. The average Bonchev–Trinajstić information content (AvgIpc) is 2.64. The van der Waals surface area contributed by atoms with E-state index in [4.69, 9.17) is 0 Å². The topological polar surface area (TPSA) is 58.2 Å². The molecule has 0 unspecified atom stereocenters. The van der Waals surface area contributed by atoms with Gasteiger partial charge in [0.05, 0.1) is 8.66 Å². The zero-order valence-electron chi connectivity index (χ0n) is 8.17. The first-order chi connectivity index (χ1) is 7.13. The fourth-order valence-electron chi connectivity index (χ4n) is 0.938. The number of hydrogen-bond acceptors (Lipinski definition) is 3. The summed E-state index contributed by atoms with van der Waals surface area (Å²) in [5.41, 5.74) is 0. The zero-order chi connectivity index (χ0) is 11.3. The molecule has 0 saturated carbocycles. The summed E-state index contributed by atoms with van der Waals surface area (Å²) in [6.45, 7) is 0.355. The number of rotatable bonds is 4. The smallest absolute Gasteiger partial charge is 0.261 e. The minimum Gasteiger partial charge on any atom is -0.359 e. The van der Waals surface area contributed by atoms with Crippen molar-refractivity contribution in [2.75, 3.05) is 13.6 Å². The minimum absolute atomic E-state index is 0.0809. The van der Waals surface area contributed by atoms with Gasteiger partial charge in [-0.25, -0.2) is 0 Å². The summed E-state index contributed by atoms with van der Waals surface area (Å²) in [4.78, 5) is 23.0. The highest BCUT2D eigenvalue weighted by atomic mass is 79.9. The third kappa shape index (κ3) is 4.01. The predicted octanol–water partition coefficient (Wildman–Crippen LogP) is 1.38. The number of hydrogen-bond donors (Lipinski definition) is 2. The van der Waals surface area contributed by atoms with Crippen LogP contribution in [0.25, 0.3) is 0 Å². The van der Waals surface area contributed by atoms with E-state index in [0.29, 0.717) is 17.8 Å². The summed E-state index contributed by atoms with van der Waals surface area (Å²) >= 11 is 4.64. The summed E-state index contributed by atoms with van der Waals surface area (Å²) < 4.78 is 0.916. The summed E-state index contributed by atoms with van der Waals surface area (Å²) in [6.07, 6.45) is 0.300. The van der Waals surface area contributed by atoms with Gasteiger partial charge in [-0.15, -0.1) is 11.3 Å². The Morgan fingerprint density at radius 1 is 1.47 bits per heavy atom. The van der Waals surface area contributed by atoms with E-state index in [0.717, 1.165) is 3.79 Å². The molecule has 0 atom stereocenters. The second kappa shape index (κ2) is 5.87. The second-order valence-electron chi connectivity index (χ2n) is 2.78. The van der Waals surface area contributed by atoms with Gasteiger partial charge < -0.3 is 10.6 Å². The first-order valence-corrected chi connectivity index (χ1v) is 5.98. The van der Waals surface area contributed by atoms with Crippen molar-refractivity contribution in [2.45, 2.75) is 6.42 Å². The summed E-state index contributed by atoms with van der Waals surface area (Å²) in [5, 5.41) is 5.15. The first-order valence-electron chi connectivity index (χ1n) is 4.37. The standard InChI is InChI=1S/C9H11BrN2O2S/c1-11-8(13)4-5-12-9(14)6-2-3-7(10)15-6/h2-3H,4-5H2,1H3,(H,11,13)(H,12,14). The van der Waals surface area contributed by atoms with Crippen LogP contribution in [0, 0.1) is 0 Å². The normalized spacial score (nSPS) is 9.73. The SMILES string of the molecule is CNC(=O)CCNC(=O)c1ccc(Br)s1. The Hall–Kier alpha value is -0.880. The molecule has 0 saturated heterocycles. The molecule has 0 aliphatic rings. The van der Waals surface area contributed by atoms with Crippen LogP contribution in [-0.4, -0.2) is 25.4 Å². The highest BCUT2D eigenvalue weighted by Crippen LogP contribution is 2.21. The van der Waals surface area contributed by atoms with E-state index in [2.05, 4.69) is 26.6 Å². The monoisotopic (exact) mass is 290 g/mol. The highest BCUT2D eigenvalue weighted by Gasteiger charge is 2.08. The predicted molar refractivity (Wildman–Crippen MR) is 63.0 cm³/mol. The van der Waals surface area contributed by atoms with Crippen molar-refractivity contribution in [3.63, 3.8) is 0 Å². The number of halogens is 1. The fourth-order valence-corrected chi connectivity index (χ4v) is 2.24. The molecular weight excluding hydrogens is 280 g/mol. The Morgan fingerprint density at radius 3 is 2.73 bits per heavy atom. The molecule has 4 nitrogen and oxygen atoms in total. The maximum Gasteiger partial charge on any atom is 0.261 e. The van der Waals surface area contributed by atoms with Gasteiger partial charge in [-0.1, -0.05) is 0 Å². The molecule has 0 bridgehead atoms. The van der Waals surface area contributed by atoms with Gasteiger partial charge in [0.2, 0.25) is 5.91 Å². The average molecular weight is 291 g/mol. The number of carbonyl (C=O) groups excluding carboxylic acids is 2. The molecule has 6 heteroatoms. The third-order valence-corrected chi connectivity index (χ3v) is 3.34. The van der Waals surface area contributed by atoms with Gasteiger partial charge in [0, 0.05) is 20.0 Å². The van der Waals surface area contributed by atoms with Crippen LogP contribution in [0.5, 0.6) is 0 Å². The van der Waals surface area contributed by atoms with Crippen molar-refractivity contribution in [1.29, 1.82) is 0 Å². The first kappa shape index (κ1) is 12.2. The lowest BCUT2D eigenvalue weighted by molar-refractivity contribution is -0.120. The molecule has 1 rings (SSSR count). The molecule has 1 aromatic heterocycles. The van der Waals surface area contributed by atoms with E-state index in [9.17, 15) is 9.59 Å². The van der Waals surface area contributed by atoms with Gasteiger partial charge in [-0.3, -0.25) is 9.59 Å². The van der Waals surface area contributed by atoms with Crippen molar-refractivity contribution >= 4 is 39.1 Å². The van der Waals surface area contributed by atoms with Gasteiger partial charge in [0.1, 0.15) is 0 Å². The number of carbonyl (C=O) groups is 2. The maximum atomic E-state index is 11.5. The van der Waals surface area contributed by atoms with Crippen LogP contribution in [0.4, 0.5) is 0 Å². The van der Waals surface area contributed by atoms with Crippen molar-refractivity contribution in [2.24, 2.45) is 0 Å². The zero-order valence-corrected chi connectivity index (χ0v) is 10.6. The van der Waals surface area contributed by atoms with Crippen molar-refractivity contribution in [3.8, 4) is 0 Å². The van der Waals surface area contributed by atoms with Gasteiger partial charge in [0.25, 0.3) is 5.91 Å². The third-order valence-electron chi connectivity index (χ3n) is 1.71. The van der Waals surface area contributed by atoms with E-state index in [1.165, 1.54) is 11.3 Å². The maximum absolute atomic E-state index is 11.5. The molecule has 2 N–H and O–H groups in total. The molecule has 0 aromatic carbocycles. The van der Waals surface area contributed by atoms with Crippen LogP contribution in [0.3, 0.4) is 0 Å². The van der Waals surface area contributed by atoms with Crippen LogP contribution in [0.15, 0.2) is 15.9 Å². The molecule has 1 heterocycles. The lowest BCUT2D eigenvalue weighted by Gasteiger charge is -2.02. The van der Waals surface area contributed by atoms with Gasteiger partial charge in [-0.2, -0.15) is 0 Å². The van der Waals surface area contributed by atoms with E-state index >= 15 is 0 Å². The van der Waals surface area contributed by atoms with Crippen LogP contribution >= 0.6 is 27.3 Å². The summed E-state index contributed by atoms with van der Waals surface area (Å²) in [6, 6.07) is 3.56. The van der Waals surface area contributed by atoms with Gasteiger partial charge in [-0.05, 0) is 28.1 Å². The minimum atomic E-state index is -0.144. The molecule has 0 fully saturated rings. The van der Waals surface area contributed by atoms with Crippen LogP contribution < -0.4 is 10.6 Å². The molecular formula is C9H11BrN2O2S. The van der Waals surface area contributed by atoms with Crippen molar-refractivity contribution in [1.82, 2.24) is 10.6 Å². The molecule has 0 spiro atoms. The Balaban J connectivity index is 2.34. The Kier molecular flexibility index (Phi) is 4.77. The number of nitrogens with one attached hydrogen (secondary N) is 2. The Labute approximate surface area is 100 Å². The number of amides is 2. The fraction of sp³-hybridized carbons (Fsp3) is 0.333. The molecule has 82 valence electrons. The number of thiophene rings is 1. The lowest BCUT2D eigenvalue weighted by Crippen LogP contribution is -2.28. The van der Waals surface area contributed by atoms with E-state index in [-0.39, 0.29) is 11.8 Å². The van der Waals surface area contributed by atoms with Crippen molar-refractivity contribution in [3.05, 3.63) is 20.8 Å². The molecule has 0 aliphatic carbocycles. The molecule has 2 amide bonds. The van der Waals surface area contributed by atoms with Crippen molar-refractivity contribution < 1.29 is 9.59 Å². The summed E-state index contributed by atoms with van der Waals surface area (Å²) in [7, 11) is 1.57. The van der Waals surface area contributed by atoms with E-state index in [1.54, 1.807) is 13.1 Å². The summed E-state index contributed by atoms with van der Waals surface area (Å²) in [5.74, 6) is -0.225. The second-order valence-corrected chi connectivity index (χ2v) is 5.25. The van der Waals surface area contributed by atoms with Gasteiger partial charge in [0.15, 0.2) is 0 Å². The largest absolute Gasteiger partial charge is 0.359 e. The quantitative estimate of drug-likeness (QED) is 0.880. The lowest BCUT2D eigenvalue weighted by atomic mass is 10.4. The molecule has 15 heavy (non-hydrogen) atoms. The Bertz CT molecular complexity index is 365. The Morgan fingerprint density at radius 2 is 2.20 bits per heavy atom. The van der Waals surface area contributed by atoms with E-state index in [1.807, 2.05) is 6.07 Å². The van der Waals surface area contributed by atoms with Crippen LogP contribution in [-0.2, 0) is 4.79 Å². The molecule has 0 radical (unpaired) electrons. The van der Waals surface area contributed by atoms with Crippen LogP contribution in [0.1, 0.15) is 16.1 Å².